The summed E-state index contributed by atoms with van der Waals surface area (Å²) in [6.07, 6.45) is 1.92. The van der Waals surface area contributed by atoms with Crippen LogP contribution in [0.15, 0.2) is 42.5 Å². The molecule has 2 aromatic carbocycles. The summed E-state index contributed by atoms with van der Waals surface area (Å²) in [5.74, 6) is -1.94. The first-order chi connectivity index (χ1) is 15.3. The first kappa shape index (κ1) is 22.2. The molecule has 10 heteroatoms. The van der Waals surface area contributed by atoms with E-state index in [-0.39, 0.29) is 17.8 Å². The van der Waals surface area contributed by atoms with Gasteiger partial charge in [0.2, 0.25) is 5.91 Å². The third-order valence-electron chi connectivity index (χ3n) is 5.42. The van der Waals surface area contributed by atoms with Crippen LogP contribution in [0.2, 0.25) is 0 Å². The van der Waals surface area contributed by atoms with E-state index in [4.69, 9.17) is 4.74 Å². The van der Waals surface area contributed by atoms with Gasteiger partial charge in [-0.25, -0.2) is 12.8 Å². The molecule has 3 N–H and O–H groups in total. The number of hydrogen-bond acceptors (Lipinski definition) is 6. The lowest BCUT2D eigenvalue weighted by Gasteiger charge is -2.27. The van der Waals surface area contributed by atoms with Crippen LogP contribution < -0.4 is 16.0 Å². The SMILES string of the molecule is O=C(NC[C@H]1CCCO1)c1ccc2c(c1)NC(=O)[C@@H](CS(=O)(=O)Cc1ccc(F)cc1)N2. The molecule has 4 rings (SSSR count). The second kappa shape index (κ2) is 9.25. The zero-order valence-corrected chi connectivity index (χ0v) is 18.1. The summed E-state index contributed by atoms with van der Waals surface area (Å²) in [6, 6.07) is 9.01. The molecule has 2 atom stereocenters. The molecule has 0 spiro atoms. The maximum absolute atomic E-state index is 13.0. The van der Waals surface area contributed by atoms with E-state index in [1.54, 1.807) is 18.2 Å². The van der Waals surface area contributed by atoms with Crippen molar-refractivity contribution in [2.45, 2.75) is 30.7 Å². The molecule has 32 heavy (non-hydrogen) atoms. The van der Waals surface area contributed by atoms with E-state index in [0.29, 0.717) is 35.7 Å². The third-order valence-corrected chi connectivity index (χ3v) is 7.03. The van der Waals surface area contributed by atoms with Crippen molar-refractivity contribution in [3.8, 4) is 0 Å². The van der Waals surface area contributed by atoms with E-state index in [1.807, 2.05) is 0 Å². The minimum atomic E-state index is -3.64. The Labute approximate surface area is 185 Å². The molecule has 1 saturated heterocycles. The molecular weight excluding hydrogens is 437 g/mol. The average Bonchev–Trinajstić information content (AvgIpc) is 3.27. The van der Waals surface area contributed by atoms with Crippen molar-refractivity contribution >= 4 is 33.0 Å². The second-order valence-electron chi connectivity index (χ2n) is 7.97. The van der Waals surface area contributed by atoms with Crippen molar-refractivity contribution in [3.05, 3.63) is 59.4 Å². The Morgan fingerprint density at radius 3 is 2.66 bits per heavy atom. The molecule has 2 aromatic rings. The fraction of sp³-hybridized carbons (Fsp3) is 0.364. The van der Waals surface area contributed by atoms with Gasteiger partial charge in [-0.15, -0.1) is 0 Å². The van der Waals surface area contributed by atoms with Gasteiger partial charge < -0.3 is 20.7 Å². The van der Waals surface area contributed by atoms with Crippen LogP contribution in [0.5, 0.6) is 0 Å². The van der Waals surface area contributed by atoms with Gasteiger partial charge in [0.05, 0.1) is 29.0 Å². The van der Waals surface area contributed by atoms with Crippen molar-refractivity contribution in [1.29, 1.82) is 0 Å². The summed E-state index contributed by atoms with van der Waals surface area (Å²) in [5.41, 5.74) is 1.77. The predicted molar refractivity (Wildman–Crippen MR) is 118 cm³/mol. The van der Waals surface area contributed by atoms with Crippen molar-refractivity contribution in [3.63, 3.8) is 0 Å². The molecule has 0 radical (unpaired) electrons. The number of carbonyl (C=O) groups is 2. The van der Waals surface area contributed by atoms with Gasteiger partial charge in [0, 0.05) is 18.7 Å². The Morgan fingerprint density at radius 1 is 1.16 bits per heavy atom. The third kappa shape index (κ3) is 5.43. The minimum absolute atomic E-state index is 0.0237. The van der Waals surface area contributed by atoms with Crippen LogP contribution >= 0.6 is 0 Å². The summed E-state index contributed by atoms with van der Waals surface area (Å²) in [7, 11) is -3.64. The monoisotopic (exact) mass is 461 g/mol. The lowest BCUT2D eigenvalue weighted by molar-refractivity contribution is -0.116. The number of nitrogens with one attached hydrogen (secondary N) is 3. The molecule has 170 valence electrons. The highest BCUT2D eigenvalue weighted by atomic mass is 32.2. The number of amides is 2. The van der Waals surface area contributed by atoms with Gasteiger partial charge in [0.25, 0.3) is 5.91 Å². The molecule has 0 aromatic heterocycles. The molecule has 0 aliphatic carbocycles. The Balaban J connectivity index is 1.39. The molecular formula is C22H24FN3O5S. The number of carbonyl (C=O) groups excluding carboxylic acids is 2. The predicted octanol–water partition coefficient (Wildman–Crippen LogP) is 2.08. The van der Waals surface area contributed by atoms with Crippen LogP contribution in [0.3, 0.4) is 0 Å². The highest BCUT2D eigenvalue weighted by Gasteiger charge is 2.30. The molecule has 2 aliphatic heterocycles. The molecule has 2 heterocycles. The number of sulfone groups is 1. The smallest absolute Gasteiger partial charge is 0.251 e. The summed E-state index contributed by atoms with van der Waals surface area (Å²) in [4.78, 5) is 24.9. The lowest BCUT2D eigenvalue weighted by Crippen LogP contribution is -2.43. The number of rotatable bonds is 7. The van der Waals surface area contributed by atoms with Crippen LogP contribution in [0.25, 0.3) is 0 Å². The van der Waals surface area contributed by atoms with Crippen molar-refractivity contribution in [2.75, 3.05) is 29.5 Å². The van der Waals surface area contributed by atoms with E-state index in [2.05, 4.69) is 16.0 Å². The Kier molecular flexibility index (Phi) is 6.43. The molecule has 0 saturated carbocycles. The topological polar surface area (TPSA) is 114 Å². The van der Waals surface area contributed by atoms with Crippen LogP contribution in [-0.2, 0) is 25.1 Å². The van der Waals surface area contributed by atoms with Gasteiger partial charge in [0.1, 0.15) is 11.9 Å². The van der Waals surface area contributed by atoms with Crippen molar-refractivity contribution in [2.24, 2.45) is 0 Å². The normalized spacial score (nSPS) is 20.2. The molecule has 2 aliphatic rings. The van der Waals surface area contributed by atoms with Crippen LogP contribution in [0.4, 0.5) is 15.8 Å². The Bertz CT molecular complexity index is 1110. The van der Waals surface area contributed by atoms with E-state index >= 15 is 0 Å². The molecule has 8 nitrogen and oxygen atoms in total. The van der Waals surface area contributed by atoms with Gasteiger partial charge in [0.15, 0.2) is 9.84 Å². The van der Waals surface area contributed by atoms with Crippen molar-refractivity contribution in [1.82, 2.24) is 5.32 Å². The van der Waals surface area contributed by atoms with E-state index in [9.17, 15) is 22.4 Å². The maximum atomic E-state index is 13.0. The zero-order valence-electron chi connectivity index (χ0n) is 17.3. The van der Waals surface area contributed by atoms with Crippen molar-refractivity contribution < 1.29 is 27.1 Å². The number of hydrogen-bond donors (Lipinski definition) is 3. The van der Waals surface area contributed by atoms with E-state index in [0.717, 1.165) is 12.8 Å². The molecule has 0 unspecified atom stereocenters. The largest absolute Gasteiger partial charge is 0.376 e. The number of anilines is 2. The first-order valence-corrected chi connectivity index (χ1v) is 12.2. The Hall–Kier alpha value is -2.98. The highest BCUT2D eigenvalue weighted by Crippen LogP contribution is 2.28. The number of halogens is 1. The minimum Gasteiger partial charge on any atom is -0.376 e. The Morgan fingerprint density at radius 2 is 1.94 bits per heavy atom. The summed E-state index contributed by atoms with van der Waals surface area (Å²) >= 11 is 0. The molecule has 1 fully saturated rings. The van der Waals surface area contributed by atoms with E-state index in [1.165, 1.54) is 24.3 Å². The fourth-order valence-electron chi connectivity index (χ4n) is 3.77. The van der Waals surface area contributed by atoms with Crippen LogP contribution in [-0.4, -0.2) is 51.3 Å². The molecule has 2 amide bonds. The van der Waals surface area contributed by atoms with E-state index < -0.39 is 33.4 Å². The number of ether oxygens (including phenoxy) is 1. The first-order valence-electron chi connectivity index (χ1n) is 10.4. The number of fused-ring (bicyclic) bond motifs is 1. The van der Waals surface area contributed by atoms with Gasteiger partial charge in [-0.1, -0.05) is 12.1 Å². The summed E-state index contributed by atoms with van der Waals surface area (Å²) in [6.45, 7) is 1.13. The second-order valence-corrected chi connectivity index (χ2v) is 10.1. The zero-order chi connectivity index (χ0) is 22.7. The lowest BCUT2D eigenvalue weighted by atomic mass is 10.1. The standard InChI is InChI=1S/C22H24FN3O5S/c23-16-6-3-14(4-7-16)12-32(29,30)13-20-22(28)26-19-10-15(5-8-18(19)25-20)21(27)24-11-17-2-1-9-31-17/h3-8,10,17,20,25H,1-2,9,11-13H2,(H,24,27)(H,26,28)/t17-,20-/m1/s1. The maximum Gasteiger partial charge on any atom is 0.251 e. The quantitative estimate of drug-likeness (QED) is 0.582. The van der Waals surface area contributed by atoms with Gasteiger partial charge in [-0.2, -0.15) is 0 Å². The molecule has 0 bridgehead atoms. The number of benzene rings is 2. The average molecular weight is 462 g/mol. The fourth-order valence-corrected chi connectivity index (χ4v) is 5.33. The van der Waals surface area contributed by atoms with Crippen LogP contribution in [0.1, 0.15) is 28.8 Å². The highest BCUT2D eigenvalue weighted by molar-refractivity contribution is 7.90. The van der Waals surface area contributed by atoms with Gasteiger partial charge in [-0.3, -0.25) is 9.59 Å². The van der Waals surface area contributed by atoms with Gasteiger partial charge >= 0.3 is 0 Å². The summed E-state index contributed by atoms with van der Waals surface area (Å²) < 4.78 is 43.6. The summed E-state index contributed by atoms with van der Waals surface area (Å²) in [5, 5.41) is 8.44. The van der Waals surface area contributed by atoms with Crippen LogP contribution in [0, 0.1) is 5.82 Å². The van der Waals surface area contributed by atoms with Gasteiger partial charge in [-0.05, 0) is 48.7 Å².